The van der Waals surface area contributed by atoms with Crippen LogP contribution in [0.15, 0.2) is 0 Å². The summed E-state index contributed by atoms with van der Waals surface area (Å²) in [5.74, 6) is 3.02. The van der Waals surface area contributed by atoms with Gasteiger partial charge in [-0.15, -0.1) is 0 Å². The molecule has 0 aromatic carbocycles. The molecule has 0 aliphatic heterocycles. The molecule has 0 aromatic heterocycles. The second-order valence-corrected chi connectivity index (χ2v) is 8.78. The van der Waals surface area contributed by atoms with E-state index < -0.39 is 0 Å². The number of nitrogens with one attached hydrogen (secondary N) is 2. The fourth-order valence-electron chi connectivity index (χ4n) is 6.05. The molecular formula is C19H34N2OS. The van der Waals surface area contributed by atoms with Crippen molar-refractivity contribution in [2.75, 3.05) is 20.3 Å². The fourth-order valence-corrected chi connectivity index (χ4v) is 6.30. The van der Waals surface area contributed by atoms with Crippen LogP contribution in [0, 0.1) is 23.2 Å². The van der Waals surface area contributed by atoms with Gasteiger partial charge in [0.05, 0.1) is 0 Å². The van der Waals surface area contributed by atoms with E-state index >= 15 is 0 Å². The van der Waals surface area contributed by atoms with E-state index in [1.54, 1.807) is 7.11 Å². The summed E-state index contributed by atoms with van der Waals surface area (Å²) in [5.41, 5.74) is 0.531. The Balaban J connectivity index is 1.59. The molecule has 23 heavy (non-hydrogen) atoms. The third kappa shape index (κ3) is 4.01. The minimum atomic E-state index is 0.531. The van der Waals surface area contributed by atoms with Crippen molar-refractivity contribution in [3.63, 3.8) is 0 Å². The van der Waals surface area contributed by atoms with Crippen LogP contribution in [0.4, 0.5) is 0 Å². The highest BCUT2D eigenvalue weighted by Crippen LogP contribution is 2.61. The number of ether oxygens (including phenoxy) is 1. The van der Waals surface area contributed by atoms with Gasteiger partial charge in [0, 0.05) is 26.3 Å². The van der Waals surface area contributed by atoms with E-state index in [9.17, 15) is 0 Å². The first-order valence-corrected chi connectivity index (χ1v) is 10.1. The van der Waals surface area contributed by atoms with E-state index in [2.05, 4.69) is 17.6 Å². The molecule has 4 heteroatoms. The van der Waals surface area contributed by atoms with Crippen LogP contribution >= 0.6 is 12.2 Å². The lowest BCUT2D eigenvalue weighted by Crippen LogP contribution is -2.58. The van der Waals surface area contributed by atoms with Crippen LogP contribution in [0.5, 0.6) is 0 Å². The lowest BCUT2D eigenvalue weighted by molar-refractivity contribution is -0.0720. The highest BCUT2D eigenvalue weighted by atomic mass is 32.1. The van der Waals surface area contributed by atoms with E-state index in [1.165, 1.54) is 51.4 Å². The van der Waals surface area contributed by atoms with E-state index in [4.69, 9.17) is 17.0 Å². The van der Waals surface area contributed by atoms with Crippen LogP contribution in [0.25, 0.3) is 0 Å². The Labute approximate surface area is 147 Å². The topological polar surface area (TPSA) is 33.3 Å². The van der Waals surface area contributed by atoms with Gasteiger partial charge in [0.1, 0.15) is 0 Å². The van der Waals surface area contributed by atoms with Gasteiger partial charge in [0.2, 0.25) is 0 Å². The molecule has 132 valence electrons. The van der Waals surface area contributed by atoms with Crippen molar-refractivity contribution in [2.45, 2.75) is 70.8 Å². The molecule has 0 aromatic rings. The minimum absolute atomic E-state index is 0.531. The summed E-state index contributed by atoms with van der Waals surface area (Å²) in [6.07, 6.45) is 12.4. The zero-order valence-electron chi connectivity index (χ0n) is 14.9. The summed E-state index contributed by atoms with van der Waals surface area (Å²) in [6, 6.07) is 0.573. The van der Waals surface area contributed by atoms with Crippen LogP contribution in [0.3, 0.4) is 0 Å². The largest absolute Gasteiger partial charge is 0.385 e. The van der Waals surface area contributed by atoms with Gasteiger partial charge >= 0.3 is 0 Å². The average Bonchev–Trinajstić information content (AvgIpc) is 2.50. The molecule has 0 radical (unpaired) electrons. The van der Waals surface area contributed by atoms with Crippen LogP contribution in [0.1, 0.15) is 64.7 Å². The first-order valence-electron chi connectivity index (χ1n) is 9.68. The van der Waals surface area contributed by atoms with Crippen molar-refractivity contribution in [3.8, 4) is 0 Å². The maximum Gasteiger partial charge on any atom is 0.166 e. The van der Waals surface area contributed by atoms with E-state index in [1.807, 2.05) is 0 Å². The Morgan fingerprint density at radius 1 is 1.17 bits per heavy atom. The molecule has 4 bridgehead atoms. The first kappa shape index (κ1) is 17.5. The predicted molar refractivity (Wildman–Crippen MR) is 99.5 cm³/mol. The molecule has 1 unspecified atom stereocenters. The molecule has 0 saturated heterocycles. The third-order valence-electron chi connectivity index (χ3n) is 6.52. The van der Waals surface area contributed by atoms with Crippen molar-refractivity contribution in [1.29, 1.82) is 0 Å². The van der Waals surface area contributed by atoms with Gasteiger partial charge in [0.25, 0.3) is 0 Å². The van der Waals surface area contributed by atoms with Gasteiger partial charge in [-0.2, -0.15) is 0 Å². The standard InChI is InChI=1S/C19H34N2OS/c1-3-5-17(21-18(23)20-6-4-7-22-2)19-11-14-8-15(12-19)10-16(9-14)13-19/h14-17H,3-13H2,1-2H3,(H2,20,21,23). The third-order valence-corrected chi connectivity index (χ3v) is 6.78. The van der Waals surface area contributed by atoms with Crippen LogP contribution in [-0.4, -0.2) is 31.4 Å². The second kappa shape index (κ2) is 7.69. The van der Waals surface area contributed by atoms with E-state index in [-0.39, 0.29) is 0 Å². The van der Waals surface area contributed by atoms with Crippen molar-refractivity contribution in [2.24, 2.45) is 23.2 Å². The molecule has 2 N–H and O–H groups in total. The second-order valence-electron chi connectivity index (χ2n) is 8.37. The summed E-state index contributed by atoms with van der Waals surface area (Å²) in [5, 5.41) is 7.97. The number of hydrogen-bond donors (Lipinski definition) is 2. The van der Waals surface area contributed by atoms with Crippen LogP contribution < -0.4 is 10.6 Å². The average molecular weight is 339 g/mol. The quantitative estimate of drug-likeness (QED) is 0.520. The summed E-state index contributed by atoms with van der Waals surface area (Å²) in [7, 11) is 1.75. The molecular weight excluding hydrogens is 304 g/mol. The molecule has 0 heterocycles. The smallest absolute Gasteiger partial charge is 0.166 e. The van der Waals surface area contributed by atoms with Gasteiger partial charge in [-0.25, -0.2) is 0 Å². The molecule has 4 aliphatic rings. The Bertz CT molecular complexity index is 377. The Hall–Kier alpha value is -0.350. The zero-order valence-corrected chi connectivity index (χ0v) is 15.7. The molecule has 4 rings (SSSR count). The van der Waals surface area contributed by atoms with Crippen molar-refractivity contribution >= 4 is 17.3 Å². The van der Waals surface area contributed by atoms with Gasteiger partial charge in [-0.1, -0.05) is 13.3 Å². The maximum absolute atomic E-state index is 5.59. The van der Waals surface area contributed by atoms with Crippen LogP contribution in [-0.2, 0) is 4.74 Å². The first-order chi connectivity index (χ1) is 11.1. The van der Waals surface area contributed by atoms with Crippen LogP contribution in [0.2, 0.25) is 0 Å². The highest BCUT2D eigenvalue weighted by Gasteiger charge is 2.53. The lowest BCUT2D eigenvalue weighted by Gasteiger charge is -2.59. The normalized spacial score (nSPS) is 36.0. The van der Waals surface area contributed by atoms with E-state index in [0.717, 1.165) is 42.4 Å². The zero-order chi connectivity index (χ0) is 16.3. The molecule has 4 fully saturated rings. The van der Waals surface area contributed by atoms with Gasteiger partial charge in [-0.3, -0.25) is 0 Å². The number of thiocarbonyl (C=S) groups is 1. The Morgan fingerprint density at radius 3 is 2.30 bits per heavy atom. The van der Waals surface area contributed by atoms with Crippen molar-refractivity contribution < 1.29 is 4.74 Å². The summed E-state index contributed by atoms with van der Waals surface area (Å²) in [4.78, 5) is 0. The lowest BCUT2D eigenvalue weighted by atomic mass is 9.47. The summed E-state index contributed by atoms with van der Waals surface area (Å²) < 4.78 is 5.10. The van der Waals surface area contributed by atoms with Crippen molar-refractivity contribution in [3.05, 3.63) is 0 Å². The maximum atomic E-state index is 5.59. The number of hydrogen-bond acceptors (Lipinski definition) is 2. The SMILES string of the molecule is CCCC(NC(=S)NCCCOC)C12CC3CC(CC(C3)C1)C2. The minimum Gasteiger partial charge on any atom is -0.385 e. The van der Waals surface area contributed by atoms with Gasteiger partial charge in [0.15, 0.2) is 5.11 Å². The molecule has 3 nitrogen and oxygen atoms in total. The monoisotopic (exact) mass is 338 g/mol. The fraction of sp³-hybridized carbons (Fsp3) is 0.947. The molecule has 4 aliphatic carbocycles. The van der Waals surface area contributed by atoms with E-state index in [0.29, 0.717) is 11.5 Å². The van der Waals surface area contributed by atoms with Crippen molar-refractivity contribution in [1.82, 2.24) is 10.6 Å². The number of rotatable bonds is 8. The Kier molecular flexibility index (Phi) is 5.84. The molecule has 0 amide bonds. The molecule has 0 spiro atoms. The predicted octanol–water partition coefficient (Wildman–Crippen LogP) is 3.87. The summed E-state index contributed by atoms with van der Waals surface area (Å²) in [6.45, 7) is 4.01. The van der Waals surface area contributed by atoms with Gasteiger partial charge in [-0.05, 0) is 86.8 Å². The molecule has 1 atom stereocenters. The van der Waals surface area contributed by atoms with Gasteiger partial charge < -0.3 is 15.4 Å². The highest BCUT2D eigenvalue weighted by molar-refractivity contribution is 7.80. The summed E-state index contributed by atoms with van der Waals surface area (Å²) >= 11 is 5.59. The Morgan fingerprint density at radius 2 is 1.78 bits per heavy atom. The number of methoxy groups -OCH3 is 1. The molecule has 4 saturated carbocycles.